The minimum atomic E-state index is -0.400. The molecule has 4 heteroatoms. The smallest absolute Gasteiger partial charge is 0.267 e. The molecule has 0 fully saturated rings. The predicted octanol–water partition coefficient (Wildman–Crippen LogP) is 4.00. The predicted molar refractivity (Wildman–Crippen MR) is 101 cm³/mol. The second-order valence-corrected chi connectivity index (χ2v) is 5.96. The van der Waals surface area contributed by atoms with Crippen molar-refractivity contribution in [2.75, 3.05) is 5.32 Å². The second kappa shape index (κ2) is 8.70. The largest absolute Gasteiger partial charge is 0.386 e. The molecule has 0 spiro atoms. The van der Waals surface area contributed by atoms with E-state index in [1.807, 2.05) is 63.2 Å². The first-order chi connectivity index (χ1) is 12.0. The number of aryl methyl sites for hydroxylation is 3. The summed E-state index contributed by atoms with van der Waals surface area (Å²) in [5.41, 5.74) is 5.15. The van der Waals surface area contributed by atoms with Crippen molar-refractivity contribution >= 4 is 11.6 Å². The summed E-state index contributed by atoms with van der Waals surface area (Å²) in [5.74, 6) is -0.400. The average molecular weight is 333 g/mol. The van der Waals surface area contributed by atoms with Gasteiger partial charge in [0.05, 0.1) is 0 Å². The first kappa shape index (κ1) is 18.3. The van der Waals surface area contributed by atoms with Crippen LogP contribution in [0.1, 0.15) is 29.2 Å². The SMILES string of the molecule is CCc1cccc(C)c1NC(=O)/C(C#N)=C\NCc1cccc(C)c1. The van der Waals surface area contributed by atoms with Gasteiger partial charge in [-0.1, -0.05) is 55.0 Å². The van der Waals surface area contributed by atoms with Gasteiger partial charge in [-0.25, -0.2) is 0 Å². The monoisotopic (exact) mass is 333 g/mol. The zero-order valence-corrected chi connectivity index (χ0v) is 14.9. The molecule has 0 unspecified atom stereocenters. The van der Waals surface area contributed by atoms with Crippen molar-refractivity contribution in [3.05, 3.63) is 76.5 Å². The number of nitrogens with one attached hydrogen (secondary N) is 2. The fourth-order valence-electron chi connectivity index (χ4n) is 2.62. The Morgan fingerprint density at radius 3 is 2.64 bits per heavy atom. The molecule has 0 aromatic heterocycles. The number of amides is 1. The third-order valence-electron chi connectivity index (χ3n) is 3.98. The molecule has 0 heterocycles. The van der Waals surface area contributed by atoms with Gasteiger partial charge < -0.3 is 10.6 Å². The highest BCUT2D eigenvalue weighted by Crippen LogP contribution is 2.21. The van der Waals surface area contributed by atoms with E-state index in [-0.39, 0.29) is 5.57 Å². The number of para-hydroxylation sites is 1. The quantitative estimate of drug-likeness (QED) is 0.620. The summed E-state index contributed by atoms with van der Waals surface area (Å²) < 4.78 is 0. The van der Waals surface area contributed by atoms with Crippen LogP contribution >= 0.6 is 0 Å². The van der Waals surface area contributed by atoms with Gasteiger partial charge in [0.15, 0.2) is 0 Å². The van der Waals surface area contributed by atoms with Crippen LogP contribution in [-0.2, 0) is 17.8 Å². The zero-order valence-electron chi connectivity index (χ0n) is 14.9. The summed E-state index contributed by atoms with van der Waals surface area (Å²) in [6.45, 7) is 6.57. The van der Waals surface area contributed by atoms with Crippen LogP contribution in [0.3, 0.4) is 0 Å². The lowest BCUT2D eigenvalue weighted by Crippen LogP contribution is -2.18. The zero-order chi connectivity index (χ0) is 18.2. The highest BCUT2D eigenvalue weighted by atomic mass is 16.1. The Balaban J connectivity index is 2.07. The molecular weight excluding hydrogens is 310 g/mol. The van der Waals surface area contributed by atoms with E-state index in [1.165, 1.54) is 11.8 Å². The van der Waals surface area contributed by atoms with Crippen LogP contribution in [0.5, 0.6) is 0 Å². The molecule has 0 atom stereocenters. The molecule has 2 aromatic rings. The molecule has 2 N–H and O–H groups in total. The molecule has 2 rings (SSSR count). The maximum Gasteiger partial charge on any atom is 0.267 e. The van der Waals surface area contributed by atoms with Gasteiger partial charge in [0.25, 0.3) is 5.91 Å². The lowest BCUT2D eigenvalue weighted by molar-refractivity contribution is -0.112. The highest BCUT2D eigenvalue weighted by Gasteiger charge is 2.12. The highest BCUT2D eigenvalue weighted by molar-refractivity contribution is 6.07. The molecule has 0 bridgehead atoms. The molecular formula is C21H23N3O. The van der Waals surface area contributed by atoms with Gasteiger partial charge in [-0.3, -0.25) is 4.79 Å². The standard InChI is InChI=1S/C21H23N3O/c1-4-18-10-6-8-16(3)20(18)24-21(25)19(12-22)14-23-13-17-9-5-7-15(2)11-17/h5-11,14,23H,4,13H2,1-3H3,(H,24,25)/b19-14-. The molecule has 4 nitrogen and oxygen atoms in total. The number of benzene rings is 2. The van der Waals surface area contributed by atoms with Crippen molar-refractivity contribution in [1.82, 2.24) is 5.32 Å². The normalized spacial score (nSPS) is 10.9. The molecule has 0 aliphatic rings. The van der Waals surface area contributed by atoms with Crippen LogP contribution in [0, 0.1) is 25.2 Å². The fraction of sp³-hybridized carbons (Fsp3) is 0.238. The van der Waals surface area contributed by atoms with E-state index in [4.69, 9.17) is 0 Å². The van der Waals surface area contributed by atoms with Crippen molar-refractivity contribution in [1.29, 1.82) is 5.26 Å². The van der Waals surface area contributed by atoms with E-state index in [0.29, 0.717) is 6.54 Å². The maximum absolute atomic E-state index is 12.4. The Morgan fingerprint density at radius 1 is 1.20 bits per heavy atom. The first-order valence-electron chi connectivity index (χ1n) is 8.34. The van der Waals surface area contributed by atoms with Gasteiger partial charge in [-0.2, -0.15) is 5.26 Å². The number of nitrogens with zero attached hydrogens (tertiary/aromatic N) is 1. The Morgan fingerprint density at radius 2 is 1.96 bits per heavy atom. The van der Waals surface area contributed by atoms with Crippen LogP contribution in [0.2, 0.25) is 0 Å². The van der Waals surface area contributed by atoms with E-state index in [9.17, 15) is 10.1 Å². The average Bonchev–Trinajstić information content (AvgIpc) is 2.60. The first-order valence-corrected chi connectivity index (χ1v) is 8.34. The lowest BCUT2D eigenvalue weighted by atomic mass is 10.1. The van der Waals surface area contributed by atoms with Gasteiger partial charge in [0.2, 0.25) is 0 Å². The van der Waals surface area contributed by atoms with Crippen LogP contribution in [0.4, 0.5) is 5.69 Å². The summed E-state index contributed by atoms with van der Waals surface area (Å²) >= 11 is 0. The third kappa shape index (κ3) is 4.95. The molecule has 0 aliphatic heterocycles. The van der Waals surface area contributed by atoms with Gasteiger partial charge in [0, 0.05) is 18.4 Å². The topological polar surface area (TPSA) is 64.9 Å². The van der Waals surface area contributed by atoms with Crippen molar-refractivity contribution in [3.63, 3.8) is 0 Å². The molecule has 2 aromatic carbocycles. The molecule has 0 saturated heterocycles. The molecule has 1 amide bonds. The van der Waals surface area contributed by atoms with Crippen molar-refractivity contribution < 1.29 is 4.79 Å². The van der Waals surface area contributed by atoms with Gasteiger partial charge >= 0.3 is 0 Å². The van der Waals surface area contributed by atoms with Crippen molar-refractivity contribution in [3.8, 4) is 6.07 Å². The Labute approximate surface area is 149 Å². The van der Waals surface area contributed by atoms with Crippen molar-refractivity contribution in [2.24, 2.45) is 0 Å². The van der Waals surface area contributed by atoms with E-state index < -0.39 is 5.91 Å². The summed E-state index contributed by atoms with van der Waals surface area (Å²) in [6.07, 6.45) is 2.29. The Bertz CT molecular complexity index is 831. The summed E-state index contributed by atoms with van der Waals surface area (Å²) in [4.78, 5) is 12.4. The summed E-state index contributed by atoms with van der Waals surface area (Å²) in [6, 6.07) is 15.9. The number of carbonyl (C=O) groups is 1. The minimum absolute atomic E-state index is 0.0537. The molecule has 0 radical (unpaired) electrons. The van der Waals surface area contributed by atoms with Crippen LogP contribution in [0.25, 0.3) is 0 Å². The molecule has 0 aliphatic carbocycles. The minimum Gasteiger partial charge on any atom is -0.386 e. The maximum atomic E-state index is 12.4. The fourth-order valence-corrected chi connectivity index (χ4v) is 2.62. The lowest BCUT2D eigenvalue weighted by Gasteiger charge is -2.12. The van der Waals surface area contributed by atoms with E-state index in [0.717, 1.165) is 28.8 Å². The molecule has 128 valence electrons. The van der Waals surface area contributed by atoms with Gasteiger partial charge in [0.1, 0.15) is 11.6 Å². The van der Waals surface area contributed by atoms with E-state index >= 15 is 0 Å². The Kier molecular flexibility index (Phi) is 6.36. The van der Waals surface area contributed by atoms with Gasteiger partial charge in [-0.05, 0) is 37.0 Å². The van der Waals surface area contributed by atoms with Crippen molar-refractivity contribution in [2.45, 2.75) is 33.7 Å². The molecule has 0 saturated carbocycles. The van der Waals surface area contributed by atoms with E-state index in [2.05, 4.69) is 16.7 Å². The Hall–Kier alpha value is -3.06. The van der Waals surface area contributed by atoms with Gasteiger partial charge in [-0.15, -0.1) is 0 Å². The van der Waals surface area contributed by atoms with Crippen LogP contribution in [-0.4, -0.2) is 5.91 Å². The molecule has 25 heavy (non-hydrogen) atoms. The van der Waals surface area contributed by atoms with Crippen LogP contribution < -0.4 is 10.6 Å². The summed E-state index contributed by atoms with van der Waals surface area (Å²) in [5, 5.41) is 15.2. The number of hydrogen-bond acceptors (Lipinski definition) is 3. The second-order valence-electron chi connectivity index (χ2n) is 5.96. The number of carbonyl (C=O) groups excluding carboxylic acids is 1. The summed E-state index contributed by atoms with van der Waals surface area (Å²) in [7, 11) is 0. The van der Waals surface area contributed by atoms with E-state index in [1.54, 1.807) is 0 Å². The number of anilines is 1. The third-order valence-corrected chi connectivity index (χ3v) is 3.98. The number of nitriles is 1. The number of rotatable bonds is 6. The number of hydrogen-bond donors (Lipinski definition) is 2. The van der Waals surface area contributed by atoms with Crippen LogP contribution in [0.15, 0.2) is 54.2 Å².